The molecule has 84 valence electrons. The fourth-order valence-corrected chi connectivity index (χ4v) is 1.39. The van der Waals surface area contributed by atoms with Crippen molar-refractivity contribution in [2.75, 3.05) is 0 Å². The summed E-state index contributed by atoms with van der Waals surface area (Å²) in [6, 6.07) is 6.77. The third-order valence-electron chi connectivity index (χ3n) is 2.06. The van der Waals surface area contributed by atoms with Crippen LogP contribution in [0.2, 0.25) is 5.02 Å². The van der Waals surface area contributed by atoms with Gasteiger partial charge in [0.15, 0.2) is 5.78 Å². The molecule has 0 unspecified atom stereocenters. The van der Waals surface area contributed by atoms with E-state index >= 15 is 0 Å². The first-order valence-electron chi connectivity index (χ1n) is 4.79. The minimum absolute atomic E-state index is 0.155. The second-order valence-corrected chi connectivity index (χ2v) is 3.57. The van der Waals surface area contributed by atoms with Gasteiger partial charge in [0, 0.05) is 11.4 Å². The smallest absolute Gasteiger partial charge is 0.339 e. The predicted octanol–water partition coefficient (Wildman–Crippen LogP) is 2.79. The monoisotopic (exact) mass is 238 g/mol. The van der Waals surface area contributed by atoms with E-state index in [1.54, 1.807) is 31.2 Å². The van der Waals surface area contributed by atoms with Crippen LogP contribution in [0.3, 0.4) is 0 Å². The molecule has 0 atom stereocenters. The molecule has 0 fully saturated rings. The van der Waals surface area contributed by atoms with E-state index in [1.165, 1.54) is 6.08 Å². The molecule has 4 heteroatoms. The molecule has 1 aromatic rings. The zero-order valence-electron chi connectivity index (χ0n) is 8.74. The van der Waals surface area contributed by atoms with Gasteiger partial charge in [-0.3, -0.25) is 4.79 Å². The Balaban J connectivity index is 3.18. The molecular formula is C12H11ClO3. The Bertz CT molecular complexity index is 449. The van der Waals surface area contributed by atoms with Crippen molar-refractivity contribution >= 4 is 29.4 Å². The van der Waals surface area contributed by atoms with Crippen LogP contribution in [-0.2, 0) is 9.59 Å². The summed E-state index contributed by atoms with van der Waals surface area (Å²) >= 11 is 5.87. The zero-order valence-corrected chi connectivity index (χ0v) is 9.49. The topological polar surface area (TPSA) is 54.4 Å². The maximum atomic E-state index is 11.4. The molecule has 1 aromatic carbocycles. The number of ketones is 1. The minimum atomic E-state index is -1.23. The van der Waals surface area contributed by atoms with Crippen molar-refractivity contribution < 1.29 is 14.7 Å². The highest BCUT2D eigenvalue weighted by Crippen LogP contribution is 2.19. The van der Waals surface area contributed by atoms with Gasteiger partial charge in [-0.05, 0) is 17.7 Å². The SMILES string of the molecule is CCC(=O)C(=Cc1ccccc1Cl)C(=O)O. The summed E-state index contributed by atoms with van der Waals surface area (Å²) in [5, 5.41) is 9.32. The molecule has 1 rings (SSSR count). The van der Waals surface area contributed by atoms with E-state index < -0.39 is 11.8 Å². The number of halogens is 1. The van der Waals surface area contributed by atoms with Crippen LogP contribution in [0.15, 0.2) is 29.8 Å². The first-order valence-corrected chi connectivity index (χ1v) is 5.16. The van der Waals surface area contributed by atoms with Crippen molar-refractivity contribution in [3.63, 3.8) is 0 Å². The first-order chi connectivity index (χ1) is 7.56. The van der Waals surface area contributed by atoms with E-state index in [0.29, 0.717) is 10.6 Å². The number of carboxylic acid groups (broad SMARTS) is 1. The van der Waals surface area contributed by atoms with Crippen molar-refractivity contribution in [1.29, 1.82) is 0 Å². The molecule has 0 saturated heterocycles. The van der Waals surface area contributed by atoms with Gasteiger partial charge < -0.3 is 5.11 Å². The third-order valence-corrected chi connectivity index (χ3v) is 2.40. The maximum absolute atomic E-state index is 11.4. The Hall–Kier alpha value is -1.61. The zero-order chi connectivity index (χ0) is 12.1. The number of hydrogen-bond acceptors (Lipinski definition) is 2. The van der Waals surface area contributed by atoms with Crippen LogP contribution in [0.4, 0.5) is 0 Å². The molecule has 0 saturated carbocycles. The molecule has 0 aliphatic heterocycles. The van der Waals surface area contributed by atoms with E-state index in [-0.39, 0.29) is 12.0 Å². The summed E-state index contributed by atoms with van der Waals surface area (Å²) < 4.78 is 0. The van der Waals surface area contributed by atoms with Crippen LogP contribution in [0.5, 0.6) is 0 Å². The molecule has 0 spiro atoms. The highest BCUT2D eigenvalue weighted by molar-refractivity contribution is 6.32. The molecule has 1 N–H and O–H groups in total. The van der Waals surface area contributed by atoms with E-state index in [1.807, 2.05) is 0 Å². The van der Waals surface area contributed by atoms with Crippen LogP contribution in [-0.4, -0.2) is 16.9 Å². The number of benzene rings is 1. The molecular weight excluding hydrogens is 228 g/mol. The fourth-order valence-electron chi connectivity index (χ4n) is 1.20. The highest BCUT2D eigenvalue weighted by atomic mass is 35.5. The van der Waals surface area contributed by atoms with Gasteiger partial charge in [-0.2, -0.15) is 0 Å². The standard InChI is InChI=1S/C12H11ClO3/c1-2-11(14)9(12(15)16)7-8-5-3-4-6-10(8)13/h3-7H,2H2,1H3,(H,15,16). The van der Waals surface area contributed by atoms with E-state index in [2.05, 4.69) is 0 Å². The number of carboxylic acids is 1. The van der Waals surface area contributed by atoms with Crippen LogP contribution >= 0.6 is 11.6 Å². The van der Waals surface area contributed by atoms with Crippen molar-refractivity contribution in [2.24, 2.45) is 0 Å². The quantitative estimate of drug-likeness (QED) is 0.499. The van der Waals surface area contributed by atoms with Crippen LogP contribution in [0.1, 0.15) is 18.9 Å². The van der Waals surface area contributed by atoms with Gasteiger partial charge in [0.05, 0.1) is 0 Å². The summed E-state index contributed by atoms with van der Waals surface area (Å²) in [5.41, 5.74) is 0.291. The molecule has 0 radical (unpaired) electrons. The normalized spacial score (nSPS) is 11.2. The minimum Gasteiger partial charge on any atom is -0.478 e. The Morgan fingerprint density at radius 2 is 2.00 bits per heavy atom. The lowest BCUT2D eigenvalue weighted by Gasteiger charge is -2.01. The second kappa shape index (κ2) is 5.47. The molecule has 0 aliphatic rings. The molecule has 0 bridgehead atoms. The Kier molecular flexibility index (Phi) is 4.26. The van der Waals surface area contributed by atoms with Crippen LogP contribution < -0.4 is 0 Å². The number of hydrogen-bond donors (Lipinski definition) is 1. The Morgan fingerprint density at radius 3 is 2.50 bits per heavy atom. The summed E-state index contributed by atoms with van der Waals surface area (Å²) in [6.07, 6.45) is 1.46. The summed E-state index contributed by atoms with van der Waals surface area (Å²) in [6.45, 7) is 1.62. The summed E-state index contributed by atoms with van der Waals surface area (Å²) in [4.78, 5) is 22.3. The van der Waals surface area contributed by atoms with E-state index in [9.17, 15) is 9.59 Å². The number of rotatable bonds is 4. The van der Waals surface area contributed by atoms with E-state index in [0.717, 1.165) is 0 Å². The largest absolute Gasteiger partial charge is 0.478 e. The van der Waals surface area contributed by atoms with Gasteiger partial charge in [0.2, 0.25) is 0 Å². The fraction of sp³-hybridized carbons (Fsp3) is 0.167. The third kappa shape index (κ3) is 2.94. The van der Waals surface area contributed by atoms with Gasteiger partial charge in [0.25, 0.3) is 0 Å². The summed E-state index contributed by atoms with van der Waals surface area (Å²) in [5.74, 6) is -1.64. The van der Waals surface area contributed by atoms with Gasteiger partial charge in [-0.25, -0.2) is 4.79 Å². The highest BCUT2D eigenvalue weighted by Gasteiger charge is 2.15. The Morgan fingerprint density at radius 1 is 1.38 bits per heavy atom. The predicted molar refractivity (Wildman–Crippen MR) is 62.4 cm³/mol. The molecule has 0 amide bonds. The van der Waals surface area contributed by atoms with Crippen molar-refractivity contribution in [1.82, 2.24) is 0 Å². The number of aliphatic carboxylic acids is 1. The lowest BCUT2D eigenvalue weighted by Crippen LogP contribution is -2.10. The van der Waals surface area contributed by atoms with Crippen LogP contribution in [0, 0.1) is 0 Å². The average Bonchev–Trinajstić information content (AvgIpc) is 2.26. The summed E-state index contributed by atoms with van der Waals surface area (Å²) in [7, 11) is 0. The molecule has 0 aliphatic carbocycles. The first kappa shape index (κ1) is 12.5. The Labute approximate surface area is 98.4 Å². The van der Waals surface area contributed by atoms with Gasteiger partial charge in [-0.15, -0.1) is 0 Å². The number of Topliss-reactive ketones (excluding diaryl/α,β-unsaturated/α-hetero) is 1. The molecule has 3 nitrogen and oxygen atoms in total. The molecule has 0 aromatic heterocycles. The van der Waals surface area contributed by atoms with Gasteiger partial charge >= 0.3 is 5.97 Å². The van der Waals surface area contributed by atoms with E-state index in [4.69, 9.17) is 16.7 Å². The molecule has 16 heavy (non-hydrogen) atoms. The number of carbonyl (C=O) groups is 2. The van der Waals surface area contributed by atoms with Crippen molar-refractivity contribution in [2.45, 2.75) is 13.3 Å². The second-order valence-electron chi connectivity index (χ2n) is 3.16. The lowest BCUT2D eigenvalue weighted by molar-refractivity contribution is -0.134. The molecule has 0 heterocycles. The number of carbonyl (C=O) groups excluding carboxylic acids is 1. The van der Waals surface area contributed by atoms with Gasteiger partial charge in [0.1, 0.15) is 5.57 Å². The maximum Gasteiger partial charge on any atom is 0.339 e. The van der Waals surface area contributed by atoms with Gasteiger partial charge in [-0.1, -0.05) is 36.7 Å². The lowest BCUT2D eigenvalue weighted by atomic mass is 10.1. The average molecular weight is 239 g/mol. The van der Waals surface area contributed by atoms with Crippen LogP contribution in [0.25, 0.3) is 6.08 Å². The van der Waals surface area contributed by atoms with Crippen molar-refractivity contribution in [3.8, 4) is 0 Å². The van der Waals surface area contributed by atoms with Crippen molar-refractivity contribution in [3.05, 3.63) is 40.4 Å².